The summed E-state index contributed by atoms with van der Waals surface area (Å²) in [6, 6.07) is 0. The summed E-state index contributed by atoms with van der Waals surface area (Å²) < 4.78 is 0. The zero-order valence-corrected chi connectivity index (χ0v) is 13.5. The molecule has 2 N–H and O–H groups in total. The maximum Gasteiger partial charge on any atom is 0.0564 e. The molecule has 0 saturated heterocycles. The van der Waals surface area contributed by atoms with E-state index in [1.165, 1.54) is 51.4 Å². The maximum absolute atomic E-state index is 9.73. The van der Waals surface area contributed by atoms with Crippen LogP contribution < -0.4 is 0 Å². The monoisotopic (exact) mass is 284 g/mol. The molecule has 0 aliphatic rings. The molecule has 0 aromatic rings. The van der Waals surface area contributed by atoms with E-state index < -0.39 is 0 Å². The van der Waals surface area contributed by atoms with Crippen LogP contribution in [0.15, 0.2) is 12.7 Å². The lowest BCUT2D eigenvalue weighted by Crippen LogP contribution is -2.16. The van der Waals surface area contributed by atoms with E-state index >= 15 is 0 Å². The fraction of sp³-hybridized carbons (Fsp3) is 0.889. The summed E-state index contributed by atoms with van der Waals surface area (Å²) >= 11 is 0. The average molecular weight is 284 g/mol. The van der Waals surface area contributed by atoms with Crippen molar-refractivity contribution in [1.82, 2.24) is 0 Å². The Kier molecular flexibility index (Phi) is 14.8. The van der Waals surface area contributed by atoms with E-state index in [9.17, 15) is 10.2 Å². The van der Waals surface area contributed by atoms with Crippen molar-refractivity contribution in [1.29, 1.82) is 0 Å². The highest BCUT2D eigenvalue weighted by molar-refractivity contribution is 4.65. The van der Waals surface area contributed by atoms with E-state index in [0.29, 0.717) is 6.42 Å². The molecule has 0 saturated carbocycles. The molecule has 2 heteroatoms. The molecular weight excluding hydrogens is 248 g/mol. The second-order valence-electron chi connectivity index (χ2n) is 6.00. The lowest BCUT2D eigenvalue weighted by molar-refractivity contribution is 0.0721. The van der Waals surface area contributed by atoms with Crippen LogP contribution in [-0.2, 0) is 0 Å². The number of allylic oxidation sites excluding steroid dienone is 1. The molecule has 0 amide bonds. The lowest BCUT2D eigenvalue weighted by Gasteiger charge is -2.13. The molecule has 2 nitrogen and oxygen atoms in total. The predicted octanol–water partition coefficient (Wildman–Crippen LogP) is 4.99. The average Bonchev–Trinajstić information content (AvgIpc) is 2.44. The number of hydrogen-bond acceptors (Lipinski definition) is 2. The van der Waals surface area contributed by atoms with Crippen LogP contribution >= 0.6 is 0 Å². The van der Waals surface area contributed by atoms with Gasteiger partial charge in [0.1, 0.15) is 0 Å². The van der Waals surface area contributed by atoms with Crippen LogP contribution in [0, 0.1) is 0 Å². The van der Waals surface area contributed by atoms with Crippen molar-refractivity contribution in [2.24, 2.45) is 0 Å². The van der Waals surface area contributed by atoms with Gasteiger partial charge in [-0.3, -0.25) is 0 Å². The van der Waals surface area contributed by atoms with Gasteiger partial charge in [-0.1, -0.05) is 64.4 Å². The van der Waals surface area contributed by atoms with Gasteiger partial charge in [0.2, 0.25) is 0 Å². The second-order valence-corrected chi connectivity index (χ2v) is 6.00. The summed E-state index contributed by atoms with van der Waals surface area (Å²) in [5.41, 5.74) is 0. The highest BCUT2D eigenvalue weighted by Gasteiger charge is 2.09. The van der Waals surface area contributed by atoms with Gasteiger partial charge in [0.15, 0.2) is 0 Å². The van der Waals surface area contributed by atoms with Gasteiger partial charge in [0, 0.05) is 0 Å². The quantitative estimate of drug-likeness (QED) is 0.329. The van der Waals surface area contributed by atoms with E-state index in [-0.39, 0.29) is 12.2 Å². The standard InChI is InChI=1S/C18H36O2/c1-3-5-6-7-8-9-10-11-12-13-14-15-18(20)16-17(19)4-2/h3,17-20H,1,4-16H2,2H3/t17-,18+/m1/s1. The molecule has 0 radical (unpaired) electrons. The Hall–Kier alpha value is -0.340. The minimum absolute atomic E-state index is 0.310. The van der Waals surface area contributed by atoms with Gasteiger partial charge >= 0.3 is 0 Å². The summed E-state index contributed by atoms with van der Waals surface area (Å²) in [6.45, 7) is 5.69. The Balaban J connectivity index is 3.14. The fourth-order valence-electron chi connectivity index (χ4n) is 2.50. The van der Waals surface area contributed by atoms with E-state index in [2.05, 4.69) is 6.58 Å². The number of aliphatic hydroxyl groups excluding tert-OH is 2. The van der Waals surface area contributed by atoms with E-state index in [4.69, 9.17) is 0 Å². The summed E-state index contributed by atoms with van der Waals surface area (Å²) in [6.07, 6.45) is 16.3. The molecular formula is C18H36O2. The fourth-order valence-corrected chi connectivity index (χ4v) is 2.50. The van der Waals surface area contributed by atoms with Crippen molar-refractivity contribution in [2.45, 2.75) is 103 Å². The number of rotatable bonds is 15. The van der Waals surface area contributed by atoms with E-state index in [1.54, 1.807) is 0 Å². The molecule has 0 aliphatic heterocycles. The Morgan fingerprint density at radius 3 is 1.80 bits per heavy atom. The van der Waals surface area contributed by atoms with Crippen molar-refractivity contribution < 1.29 is 10.2 Å². The summed E-state index contributed by atoms with van der Waals surface area (Å²) in [7, 11) is 0. The van der Waals surface area contributed by atoms with Crippen molar-refractivity contribution in [2.75, 3.05) is 0 Å². The van der Waals surface area contributed by atoms with Gasteiger partial charge in [-0.15, -0.1) is 6.58 Å². The number of unbranched alkanes of at least 4 members (excludes halogenated alkanes) is 9. The van der Waals surface area contributed by atoms with Crippen LogP contribution in [-0.4, -0.2) is 22.4 Å². The van der Waals surface area contributed by atoms with Crippen molar-refractivity contribution in [3.8, 4) is 0 Å². The molecule has 0 aliphatic carbocycles. The first-order chi connectivity index (χ1) is 9.70. The van der Waals surface area contributed by atoms with Gasteiger partial charge in [-0.05, 0) is 32.1 Å². The second kappa shape index (κ2) is 15.1. The minimum Gasteiger partial charge on any atom is -0.393 e. The number of hydrogen-bond donors (Lipinski definition) is 2. The molecule has 0 spiro atoms. The largest absolute Gasteiger partial charge is 0.393 e. The molecule has 0 aromatic carbocycles. The molecule has 120 valence electrons. The van der Waals surface area contributed by atoms with Gasteiger partial charge < -0.3 is 10.2 Å². The van der Waals surface area contributed by atoms with Crippen LogP contribution in [0.4, 0.5) is 0 Å². The van der Waals surface area contributed by atoms with Gasteiger partial charge in [-0.25, -0.2) is 0 Å². The zero-order valence-electron chi connectivity index (χ0n) is 13.5. The molecule has 0 fully saturated rings. The first kappa shape index (κ1) is 19.7. The normalized spacial score (nSPS) is 14.2. The first-order valence-electron chi connectivity index (χ1n) is 8.67. The van der Waals surface area contributed by atoms with Crippen molar-refractivity contribution in [3.63, 3.8) is 0 Å². The summed E-state index contributed by atoms with van der Waals surface area (Å²) in [5.74, 6) is 0. The predicted molar refractivity (Wildman–Crippen MR) is 87.9 cm³/mol. The van der Waals surface area contributed by atoms with Crippen LogP contribution in [0.2, 0.25) is 0 Å². The Labute approximate surface area is 126 Å². The maximum atomic E-state index is 9.73. The van der Waals surface area contributed by atoms with Gasteiger partial charge in [0.05, 0.1) is 12.2 Å². The van der Waals surface area contributed by atoms with Crippen molar-refractivity contribution in [3.05, 3.63) is 12.7 Å². The topological polar surface area (TPSA) is 40.5 Å². The third kappa shape index (κ3) is 14.1. The highest BCUT2D eigenvalue weighted by atomic mass is 16.3. The molecule has 2 atom stereocenters. The summed E-state index contributed by atoms with van der Waals surface area (Å²) in [5, 5.41) is 19.2. The Morgan fingerprint density at radius 1 is 0.800 bits per heavy atom. The van der Waals surface area contributed by atoms with Crippen LogP contribution in [0.3, 0.4) is 0 Å². The molecule has 0 aromatic heterocycles. The van der Waals surface area contributed by atoms with Crippen molar-refractivity contribution >= 4 is 0 Å². The SMILES string of the molecule is C=CCCCCCCCCCCC[C@H](O)C[C@H](O)CC. The Morgan fingerprint density at radius 2 is 1.30 bits per heavy atom. The van der Waals surface area contributed by atoms with Crippen LogP contribution in [0.5, 0.6) is 0 Å². The molecule has 0 heterocycles. The minimum atomic E-state index is -0.328. The third-order valence-electron chi connectivity index (χ3n) is 3.96. The lowest BCUT2D eigenvalue weighted by atomic mass is 10.0. The van der Waals surface area contributed by atoms with Gasteiger partial charge in [-0.2, -0.15) is 0 Å². The summed E-state index contributed by atoms with van der Waals surface area (Å²) in [4.78, 5) is 0. The van der Waals surface area contributed by atoms with E-state index in [0.717, 1.165) is 25.7 Å². The molecule has 20 heavy (non-hydrogen) atoms. The van der Waals surface area contributed by atoms with E-state index in [1.807, 2.05) is 13.0 Å². The smallest absolute Gasteiger partial charge is 0.0564 e. The number of aliphatic hydroxyl groups is 2. The molecule has 0 rings (SSSR count). The first-order valence-corrected chi connectivity index (χ1v) is 8.67. The van der Waals surface area contributed by atoms with Gasteiger partial charge in [0.25, 0.3) is 0 Å². The Bertz CT molecular complexity index is 204. The molecule has 0 unspecified atom stereocenters. The molecule has 0 bridgehead atoms. The van der Waals surface area contributed by atoms with Crippen LogP contribution in [0.25, 0.3) is 0 Å². The van der Waals surface area contributed by atoms with Crippen LogP contribution in [0.1, 0.15) is 90.4 Å². The zero-order chi connectivity index (χ0) is 15.1. The highest BCUT2D eigenvalue weighted by Crippen LogP contribution is 2.14. The third-order valence-corrected chi connectivity index (χ3v) is 3.96.